The van der Waals surface area contributed by atoms with Gasteiger partial charge in [-0.1, -0.05) is 46.8 Å². The van der Waals surface area contributed by atoms with Crippen molar-refractivity contribution in [2.24, 2.45) is 5.41 Å². The summed E-state index contributed by atoms with van der Waals surface area (Å²) in [5.74, 6) is 0.969. The summed E-state index contributed by atoms with van der Waals surface area (Å²) >= 11 is 0. The molecule has 0 aromatic heterocycles. The van der Waals surface area contributed by atoms with Crippen molar-refractivity contribution < 1.29 is 4.74 Å². The van der Waals surface area contributed by atoms with Crippen LogP contribution in [0.5, 0.6) is 5.75 Å². The summed E-state index contributed by atoms with van der Waals surface area (Å²) in [6.45, 7) is 13.3. The lowest BCUT2D eigenvalue weighted by atomic mass is 9.72. The molecule has 1 aromatic carbocycles. The van der Waals surface area contributed by atoms with Crippen LogP contribution < -0.4 is 10.1 Å². The second kappa shape index (κ2) is 7.12. The minimum atomic E-state index is 0.197. The first-order valence-corrected chi connectivity index (χ1v) is 7.62. The van der Waals surface area contributed by atoms with Gasteiger partial charge in [0.2, 0.25) is 0 Å². The van der Waals surface area contributed by atoms with E-state index >= 15 is 0 Å². The van der Waals surface area contributed by atoms with Crippen LogP contribution in [0.2, 0.25) is 0 Å². The Bertz CT molecular complexity index is 387. The van der Waals surface area contributed by atoms with E-state index in [0.29, 0.717) is 5.41 Å². The summed E-state index contributed by atoms with van der Waals surface area (Å²) < 4.78 is 5.74. The number of hydrogen-bond acceptors (Lipinski definition) is 2. The van der Waals surface area contributed by atoms with Crippen LogP contribution in [0.15, 0.2) is 24.3 Å². The molecule has 0 heterocycles. The SMILES string of the molecule is CNCCCOc1ccc(C(C)(C)CC(C)(C)C)cc1. The van der Waals surface area contributed by atoms with Gasteiger partial charge < -0.3 is 10.1 Å². The Labute approximate surface area is 124 Å². The molecule has 2 heteroatoms. The van der Waals surface area contributed by atoms with Gasteiger partial charge in [0, 0.05) is 0 Å². The van der Waals surface area contributed by atoms with Crippen LogP contribution in [-0.4, -0.2) is 20.2 Å². The van der Waals surface area contributed by atoms with Gasteiger partial charge in [-0.05, 0) is 55.0 Å². The highest BCUT2D eigenvalue weighted by Crippen LogP contribution is 2.36. The molecule has 1 N–H and O–H groups in total. The van der Waals surface area contributed by atoms with Crippen LogP contribution in [0.4, 0.5) is 0 Å². The van der Waals surface area contributed by atoms with Crippen molar-refractivity contribution in [3.8, 4) is 5.75 Å². The van der Waals surface area contributed by atoms with E-state index in [1.165, 1.54) is 12.0 Å². The third-order valence-corrected chi connectivity index (χ3v) is 3.45. The fourth-order valence-corrected chi connectivity index (χ4v) is 2.87. The zero-order valence-corrected chi connectivity index (χ0v) is 14.0. The Morgan fingerprint density at radius 3 is 2.10 bits per heavy atom. The first-order valence-electron chi connectivity index (χ1n) is 7.62. The molecule has 0 aliphatic carbocycles. The van der Waals surface area contributed by atoms with E-state index in [4.69, 9.17) is 4.74 Å². The molecule has 0 spiro atoms. The lowest BCUT2D eigenvalue weighted by Crippen LogP contribution is -2.24. The second-order valence-electron chi connectivity index (χ2n) is 7.45. The van der Waals surface area contributed by atoms with Crippen LogP contribution in [0.25, 0.3) is 0 Å². The van der Waals surface area contributed by atoms with E-state index in [0.717, 1.165) is 25.3 Å². The van der Waals surface area contributed by atoms with Crippen LogP contribution in [0.1, 0.15) is 53.0 Å². The summed E-state index contributed by atoms with van der Waals surface area (Å²) in [5, 5.41) is 3.12. The molecule has 0 saturated carbocycles. The molecule has 114 valence electrons. The number of benzene rings is 1. The maximum absolute atomic E-state index is 5.74. The minimum Gasteiger partial charge on any atom is -0.494 e. The topological polar surface area (TPSA) is 21.3 Å². The van der Waals surface area contributed by atoms with Crippen molar-refractivity contribution in [3.63, 3.8) is 0 Å². The molecule has 0 bridgehead atoms. The van der Waals surface area contributed by atoms with Gasteiger partial charge in [-0.15, -0.1) is 0 Å². The number of nitrogens with one attached hydrogen (secondary N) is 1. The molecule has 0 fully saturated rings. The fraction of sp³-hybridized carbons (Fsp3) is 0.667. The highest BCUT2D eigenvalue weighted by Gasteiger charge is 2.27. The molecule has 2 nitrogen and oxygen atoms in total. The predicted molar refractivity (Wildman–Crippen MR) is 87.6 cm³/mol. The highest BCUT2D eigenvalue weighted by molar-refractivity contribution is 5.31. The second-order valence-corrected chi connectivity index (χ2v) is 7.45. The largest absolute Gasteiger partial charge is 0.494 e. The molecule has 0 aliphatic rings. The van der Waals surface area contributed by atoms with Gasteiger partial charge in [-0.25, -0.2) is 0 Å². The molecule has 0 radical (unpaired) electrons. The molecule has 1 rings (SSSR count). The van der Waals surface area contributed by atoms with E-state index in [2.05, 4.69) is 64.2 Å². The quantitative estimate of drug-likeness (QED) is 0.746. The Kier molecular flexibility index (Phi) is 6.07. The first kappa shape index (κ1) is 17.0. The smallest absolute Gasteiger partial charge is 0.119 e. The summed E-state index contributed by atoms with van der Waals surface area (Å²) in [6.07, 6.45) is 2.20. The zero-order valence-electron chi connectivity index (χ0n) is 14.0. The highest BCUT2D eigenvalue weighted by atomic mass is 16.5. The molecule has 1 aromatic rings. The Balaban J connectivity index is 2.61. The van der Waals surface area contributed by atoms with E-state index in [-0.39, 0.29) is 5.41 Å². The Morgan fingerprint density at radius 2 is 1.60 bits per heavy atom. The van der Waals surface area contributed by atoms with Crippen LogP contribution in [-0.2, 0) is 5.41 Å². The van der Waals surface area contributed by atoms with Gasteiger partial charge >= 0.3 is 0 Å². The van der Waals surface area contributed by atoms with Crippen molar-refractivity contribution in [1.29, 1.82) is 0 Å². The normalized spacial score (nSPS) is 12.5. The van der Waals surface area contributed by atoms with Gasteiger partial charge in [-0.3, -0.25) is 0 Å². The van der Waals surface area contributed by atoms with Crippen molar-refractivity contribution in [3.05, 3.63) is 29.8 Å². The summed E-state index contributed by atoms with van der Waals surface area (Å²) in [4.78, 5) is 0. The van der Waals surface area contributed by atoms with Gasteiger partial charge in [0.05, 0.1) is 6.61 Å². The molecule has 0 amide bonds. The Morgan fingerprint density at radius 1 is 1.00 bits per heavy atom. The molecular weight excluding hydrogens is 246 g/mol. The molecule has 20 heavy (non-hydrogen) atoms. The number of rotatable bonds is 7. The number of ether oxygens (including phenoxy) is 1. The van der Waals surface area contributed by atoms with Gasteiger partial charge in [0.15, 0.2) is 0 Å². The van der Waals surface area contributed by atoms with Crippen LogP contribution in [0.3, 0.4) is 0 Å². The van der Waals surface area contributed by atoms with Crippen molar-refractivity contribution in [1.82, 2.24) is 5.32 Å². The average Bonchev–Trinajstić information content (AvgIpc) is 2.32. The fourth-order valence-electron chi connectivity index (χ4n) is 2.87. The van der Waals surface area contributed by atoms with E-state index in [9.17, 15) is 0 Å². The average molecular weight is 277 g/mol. The predicted octanol–water partition coefficient (Wildman–Crippen LogP) is 4.39. The maximum atomic E-state index is 5.74. The van der Waals surface area contributed by atoms with Crippen molar-refractivity contribution in [2.45, 2.75) is 52.9 Å². The first-order chi connectivity index (χ1) is 9.24. The Hall–Kier alpha value is -1.02. The van der Waals surface area contributed by atoms with Crippen molar-refractivity contribution in [2.75, 3.05) is 20.2 Å². The summed E-state index contributed by atoms with van der Waals surface area (Å²) in [6, 6.07) is 8.61. The molecule has 0 atom stereocenters. The van der Waals surface area contributed by atoms with E-state index in [1.807, 2.05) is 7.05 Å². The maximum Gasteiger partial charge on any atom is 0.119 e. The van der Waals surface area contributed by atoms with E-state index < -0.39 is 0 Å². The molecule has 0 saturated heterocycles. The van der Waals surface area contributed by atoms with Crippen molar-refractivity contribution >= 4 is 0 Å². The van der Waals surface area contributed by atoms with Gasteiger partial charge in [-0.2, -0.15) is 0 Å². The summed E-state index contributed by atoms with van der Waals surface area (Å²) in [5.41, 5.74) is 1.92. The lowest BCUT2D eigenvalue weighted by molar-refractivity contribution is 0.283. The standard InChI is InChI=1S/C18H31NO/c1-17(2,3)14-18(4,5)15-8-10-16(11-9-15)20-13-7-12-19-6/h8-11,19H,7,12-14H2,1-6H3. The number of hydrogen-bond donors (Lipinski definition) is 1. The molecule has 0 aliphatic heterocycles. The van der Waals surface area contributed by atoms with Gasteiger partial charge in [0.1, 0.15) is 5.75 Å². The molecular formula is C18H31NO. The minimum absolute atomic E-state index is 0.197. The third kappa shape index (κ3) is 5.96. The van der Waals surface area contributed by atoms with Crippen LogP contribution >= 0.6 is 0 Å². The third-order valence-electron chi connectivity index (χ3n) is 3.45. The van der Waals surface area contributed by atoms with Gasteiger partial charge in [0.25, 0.3) is 0 Å². The zero-order chi connectivity index (χ0) is 15.2. The summed E-state index contributed by atoms with van der Waals surface area (Å²) in [7, 11) is 1.96. The van der Waals surface area contributed by atoms with Crippen LogP contribution in [0, 0.1) is 5.41 Å². The lowest BCUT2D eigenvalue weighted by Gasteiger charge is -2.33. The van der Waals surface area contributed by atoms with E-state index in [1.54, 1.807) is 0 Å². The monoisotopic (exact) mass is 277 g/mol. The molecule has 0 unspecified atom stereocenters.